The molecule has 154 valence electrons. The number of amides is 2. The zero-order valence-corrected chi connectivity index (χ0v) is 17.4. The maximum Gasteiger partial charge on any atom is 0.252 e. The van der Waals surface area contributed by atoms with E-state index in [0.29, 0.717) is 13.0 Å². The molecule has 0 unspecified atom stereocenters. The largest absolute Gasteiger partial charge is 0.351 e. The predicted molar refractivity (Wildman–Crippen MR) is 115 cm³/mol. The van der Waals surface area contributed by atoms with E-state index in [2.05, 4.69) is 11.4 Å². The number of carbonyl (C=O) groups excluding carboxylic acids is 2. The van der Waals surface area contributed by atoms with Crippen molar-refractivity contribution in [1.29, 1.82) is 0 Å². The molecule has 4 rings (SSSR count). The second-order valence-corrected chi connectivity index (χ2v) is 8.44. The van der Waals surface area contributed by atoms with Gasteiger partial charge in [0.2, 0.25) is 5.91 Å². The molecular weight excluding hydrogens is 362 g/mol. The summed E-state index contributed by atoms with van der Waals surface area (Å²) in [5, 5.41) is 3.96. The summed E-state index contributed by atoms with van der Waals surface area (Å²) in [4.78, 5) is 32.5. The Morgan fingerprint density at radius 3 is 2.59 bits per heavy atom. The summed E-state index contributed by atoms with van der Waals surface area (Å²) >= 11 is 0. The monoisotopic (exact) mass is 393 g/mol. The van der Waals surface area contributed by atoms with Crippen molar-refractivity contribution in [3.63, 3.8) is 0 Å². The van der Waals surface area contributed by atoms with Crippen molar-refractivity contribution in [3.05, 3.63) is 40.6 Å². The Morgan fingerprint density at radius 1 is 1.03 bits per heavy atom. The van der Waals surface area contributed by atoms with E-state index < -0.39 is 0 Å². The van der Waals surface area contributed by atoms with Crippen LogP contribution in [0.15, 0.2) is 18.2 Å². The molecule has 1 N–H and O–H groups in total. The van der Waals surface area contributed by atoms with Gasteiger partial charge in [0, 0.05) is 37.1 Å². The lowest BCUT2D eigenvalue weighted by Gasteiger charge is -2.22. The molecule has 1 fully saturated rings. The van der Waals surface area contributed by atoms with Crippen molar-refractivity contribution in [1.82, 2.24) is 15.2 Å². The lowest BCUT2D eigenvalue weighted by Crippen LogP contribution is -2.35. The minimum atomic E-state index is -0.0650. The molecule has 2 aliphatic rings. The molecule has 2 heterocycles. The molecule has 5 heteroatoms. The van der Waals surface area contributed by atoms with Crippen molar-refractivity contribution in [2.75, 3.05) is 19.6 Å². The molecule has 1 aromatic heterocycles. The van der Waals surface area contributed by atoms with Gasteiger partial charge in [-0.1, -0.05) is 24.5 Å². The van der Waals surface area contributed by atoms with Crippen LogP contribution in [0.2, 0.25) is 0 Å². The van der Waals surface area contributed by atoms with Crippen molar-refractivity contribution >= 4 is 22.7 Å². The third-order valence-electron chi connectivity index (χ3n) is 6.23. The van der Waals surface area contributed by atoms with Gasteiger partial charge in [-0.3, -0.25) is 14.6 Å². The van der Waals surface area contributed by atoms with Gasteiger partial charge in [-0.25, -0.2) is 0 Å². The first kappa shape index (κ1) is 19.9. The summed E-state index contributed by atoms with van der Waals surface area (Å²) in [6, 6.07) is 6.12. The zero-order chi connectivity index (χ0) is 20.2. The lowest BCUT2D eigenvalue weighted by molar-refractivity contribution is -0.131. The Balaban J connectivity index is 1.50. The number of benzene rings is 1. The molecule has 0 bridgehead atoms. The Kier molecular flexibility index (Phi) is 6.12. The fraction of sp³-hybridized carbons (Fsp3) is 0.542. The second kappa shape index (κ2) is 8.93. The number of pyridine rings is 1. The highest BCUT2D eigenvalue weighted by molar-refractivity contribution is 6.08. The first-order valence-electron chi connectivity index (χ1n) is 11.1. The summed E-state index contributed by atoms with van der Waals surface area (Å²) in [6.07, 6.45) is 9.03. The number of nitrogens with zero attached hydrogens (tertiary/aromatic N) is 2. The summed E-state index contributed by atoms with van der Waals surface area (Å²) < 4.78 is 0. The highest BCUT2D eigenvalue weighted by Gasteiger charge is 2.23. The fourth-order valence-electron chi connectivity index (χ4n) is 4.65. The van der Waals surface area contributed by atoms with E-state index in [1.165, 1.54) is 12.8 Å². The van der Waals surface area contributed by atoms with Crippen molar-refractivity contribution in [3.8, 4) is 0 Å². The van der Waals surface area contributed by atoms with Crippen molar-refractivity contribution in [2.45, 2.75) is 64.7 Å². The van der Waals surface area contributed by atoms with E-state index >= 15 is 0 Å². The number of nitrogens with one attached hydrogen (secondary N) is 1. The molecule has 1 aromatic carbocycles. The molecule has 0 saturated carbocycles. The summed E-state index contributed by atoms with van der Waals surface area (Å²) in [5.74, 6) is 0.0921. The highest BCUT2D eigenvalue weighted by Crippen LogP contribution is 2.29. The molecule has 2 amide bonds. The molecule has 0 atom stereocenters. The van der Waals surface area contributed by atoms with Crippen molar-refractivity contribution in [2.24, 2.45) is 0 Å². The van der Waals surface area contributed by atoms with Gasteiger partial charge in [-0.15, -0.1) is 0 Å². The summed E-state index contributed by atoms with van der Waals surface area (Å²) in [7, 11) is 0. The molecule has 0 spiro atoms. The SMILES string of the molecule is Cc1ccc2nc3c(c(C(=O)NCCC(=O)N4CCCCCC4)c2c1)CCCC3. The molecular formula is C24H31N3O2. The average Bonchev–Trinajstić information content (AvgIpc) is 3.01. The quantitative estimate of drug-likeness (QED) is 0.856. The van der Waals surface area contributed by atoms with Crippen LogP contribution in [-0.4, -0.2) is 41.3 Å². The van der Waals surface area contributed by atoms with E-state index in [1.54, 1.807) is 0 Å². The Bertz CT molecular complexity index is 914. The summed E-state index contributed by atoms with van der Waals surface area (Å²) in [5.41, 5.74) is 4.96. The minimum Gasteiger partial charge on any atom is -0.351 e. The molecule has 0 radical (unpaired) electrons. The van der Waals surface area contributed by atoms with Gasteiger partial charge < -0.3 is 10.2 Å². The third kappa shape index (κ3) is 4.44. The number of rotatable bonds is 4. The Labute approximate surface area is 172 Å². The number of likely N-dealkylation sites (tertiary alicyclic amines) is 1. The van der Waals surface area contributed by atoms with Gasteiger partial charge in [-0.2, -0.15) is 0 Å². The number of carbonyl (C=O) groups is 2. The third-order valence-corrected chi connectivity index (χ3v) is 6.23. The standard InChI is InChI=1S/C24H31N3O2/c1-17-10-11-21-19(16-17)23(18-8-4-5-9-20(18)26-21)24(29)25-13-12-22(28)27-14-6-2-3-7-15-27/h10-11,16H,2-9,12-15H2,1H3,(H,25,29). The first-order chi connectivity index (χ1) is 14.1. The van der Waals surface area contributed by atoms with Crippen LogP contribution in [0.3, 0.4) is 0 Å². The number of hydrogen-bond acceptors (Lipinski definition) is 3. The smallest absolute Gasteiger partial charge is 0.252 e. The zero-order valence-electron chi connectivity index (χ0n) is 17.4. The van der Waals surface area contributed by atoms with E-state index in [9.17, 15) is 9.59 Å². The molecule has 1 aliphatic carbocycles. The Hall–Kier alpha value is -2.43. The van der Waals surface area contributed by atoms with E-state index in [0.717, 1.165) is 84.9 Å². The topological polar surface area (TPSA) is 62.3 Å². The fourth-order valence-corrected chi connectivity index (χ4v) is 4.65. The van der Waals surface area contributed by atoms with Crippen LogP contribution < -0.4 is 5.32 Å². The number of hydrogen-bond donors (Lipinski definition) is 1. The van der Waals surface area contributed by atoms with Crippen molar-refractivity contribution < 1.29 is 9.59 Å². The minimum absolute atomic E-state index is 0.0650. The number of fused-ring (bicyclic) bond motifs is 2. The molecule has 1 aliphatic heterocycles. The van der Waals surface area contributed by atoms with Gasteiger partial charge in [0.1, 0.15) is 0 Å². The van der Waals surface area contributed by atoms with E-state index in [4.69, 9.17) is 4.98 Å². The van der Waals surface area contributed by atoms with Gasteiger partial charge in [0.05, 0.1) is 11.1 Å². The molecule has 1 saturated heterocycles. The number of aryl methyl sites for hydroxylation is 2. The lowest BCUT2D eigenvalue weighted by atomic mass is 9.89. The van der Waals surface area contributed by atoms with E-state index in [1.807, 2.05) is 24.0 Å². The maximum atomic E-state index is 13.2. The van der Waals surface area contributed by atoms with Crippen LogP contribution in [0, 0.1) is 6.92 Å². The van der Waals surface area contributed by atoms with Crippen LogP contribution in [0.25, 0.3) is 10.9 Å². The van der Waals surface area contributed by atoms with Gasteiger partial charge in [0.15, 0.2) is 0 Å². The average molecular weight is 394 g/mol. The molecule has 2 aromatic rings. The van der Waals surface area contributed by atoms with Gasteiger partial charge in [-0.05, 0) is 63.1 Å². The highest BCUT2D eigenvalue weighted by atomic mass is 16.2. The normalized spacial score (nSPS) is 16.9. The molecule has 5 nitrogen and oxygen atoms in total. The molecule has 29 heavy (non-hydrogen) atoms. The van der Waals surface area contributed by atoms with Crippen LogP contribution in [0.1, 0.15) is 72.1 Å². The predicted octanol–water partition coefficient (Wildman–Crippen LogP) is 3.94. The van der Waals surface area contributed by atoms with E-state index in [-0.39, 0.29) is 11.8 Å². The second-order valence-electron chi connectivity index (χ2n) is 8.44. The summed E-state index contributed by atoms with van der Waals surface area (Å²) in [6.45, 7) is 4.14. The van der Waals surface area contributed by atoms with Gasteiger partial charge in [0.25, 0.3) is 5.91 Å². The van der Waals surface area contributed by atoms with Crippen LogP contribution >= 0.6 is 0 Å². The number of aromatic nitrogens is 1. The van der Waals surface area contributed by atoms with Crippen LogP contribution in [0.5, 0.6) is 0 Å². The maximum absolute atomic E-state index is 13.2. The first-order valence-corrected chi connectivity index (χ1v) is 11.1. The Morgan fingerprint density at radius 2 is 1.79 bits per heavy atom. The van der Waals surface area contributed by atoms with Crippen LogP contribution in [-0.2, 0) is 17.6 Å². The van der Waals surface area contributed by atoms with Gasteiger partial charge >= 0.3 is 0 Å². The van der Waals surface area contributed by atoms with Crippen LogP contribution in [0.4, 0.5) is 0 Å².